The first kappa shape index (κ1) is 21.6. The molecule has 1 heterocycles. The molecule has 3 aliphatic rings. The Morgan fingerprint density at radius 1 is 0.815 bits per heavy atom. The average molecular weight is 396 g/mol. The molecule has 0 saturated heterocycles. The van der Waals surface area contributed by atoms with Crippen molar-refractivity contribution in [2.24, 2.45) is 10.9 Å². The molecule has 4 heteroatoms. The number of unbranched alkanes of at least 4 members (excludes halogenated alkanes) is 4. The third-order valence-corrected chi connectivity index (χ3v) is 8.03. The summed E-state index contributed by atoms with van der Waals surface area (Å²) in [6.45, 7) is 6.40. The zero-order valence-electron chi connectivity index (χ0n) is 17.7. The van der Waals surface area contributed by atoms with E-state index < -0.39 is 0 Å². The van der Waals surface area contributed by atoms with Crippen molar-refractivity contribution in [1.29, 1.82) is 0 Å². The van der Waals surface area contributed by atoms with Crippen LogP contribution in [0.3, 0.4) is 0 Å². The lowest BCUT2D eigenvalue weighted by Crippen LogP contribution is -2.32. The first-order valence-corrected chi connectivity index (χ1v) is 12.7. The molecule has 0 aromatic rings. The largest absolute Gasteiger partial charge is 0.378 e. The van der Waals surface area contributed by atoms with Gasteiger partial charge in [0.25, 0.3) is 0 Å². The Balaban J connectivity index is 1.37. The van der Waals surface area contributed by atoms with E-state index in [1.807, 2.05) is 0 Å². The number of aliphatic imine (C=N–C) groups is 1. The molecule has 0 N–H and O–H groups in total. The van der Waals surface area contributed by atoms with Crippen molar-refractivity contribution in [3.63, 3.8) is 0 Å². The van der Waals surface area contributed by atoms with E-state index in [4.69, 9.17) is 14.5 Å². The van der Waals surface area contributed by atoms with E-state index in [9.17, 15) is 0 Å². The van der Waals surface area contributed by atoms with E-state index >= 15 is 0 Å². The number of hydrogen-bond acceptors (Lipinski definition) is 4. The summed E-state index contributed by atoms with van der Waals surface area (Å²) in [6, 6.07) is 0.526. The zero-order valence-corrected chi connectivity index (χ0v) is 18.5. The molecule has 0 aromatic heterocycles. The van der Waals surface area contributed by atoms with Crippen molar-refractivity contribution in [3.8, 4) is 0 Å². The molecule has 2 fully saturated rings. The average Bonchev–Trinajstić information content (AvgIpc) is 3.12. The molecule has 27 heavy (non-hydrogen) atoms. The van der Waals surface area contributed by atoms with Gasteiger partial charge >= 0.3 is 0 Å². The maximum absolute atomic E-state index is 6.18. The van der Waals surface area contributed by atoms with E-state index in [2.05, 4.69) is 25.6 Å². The van der Waals surface area contributed by atoms with Crippen LogP contribution in [-0.4, -0.2) is 41.8 Å². The first-order valence-electron chi connectivity index (χ1n) is 11.8. The summed E-state index contributed by atoms with van der Waals surface area (Å²) in [7, 11) is 0. The molecular formula is C23H41NO2S. The Kier molecular flexibility index (Phi) is 9.48. The van der Waals surface area contributed by atoms with Crippen LogP contribution in [0.15, 0.2) is 4.99 Å². The molecular weight excluding hydrogens is 354 g/mol. The number of rotatable bonds is 11. The lowest BCUT2D eigenvalue weighted by molar-refractivity contribution is 0.0221. The molecule has 0 amide bonds. The second-order valence-corrected chi connectivity index (χ2v) is 10.0. The van der Waals surface area contributed by atoms with Gasteiger partial charge in [0.1, 0.15) is 0 Å². The van der Waals surface area contributed by atoms with Crippen molar-refractivity contribution in [2.45, 2.75) is 121 Å². The number of hydrogen-bond donors (Lipinski definition) is 0. The maximum atomic E-state index is 6.18. The Morgan fingerprint density at radius 3 is 2.30 bits per heavy atom. The van der Waals surface area contributed by atoms with Gasteiger partial charge in [-0.3, -0.25) is 4.99 Å². The van der Waals surface area contributed by atoms with Gasteiger partial charge in [0, 0.05) is 24.4 Å². The minimum Gasteiger partial charge on any atom is -0.378 e. The molecule has 3 atom stereocenters. The summed E-state index contributed by atoms with van der Waals surface area (Å²) in [5.41, 5.74) is 0. The van der Waals surface area contributed by atoms with Crippen molar-refractivity contribution in [2.75, 3.05) is 13.2 Å². The smallest absolute Gasteiger partial charge is 0.0714 e. The van der Waals surface area contributed by atoms with Crippen LogP contribution in [0, 0.1) is 5.92 Å². The van der Waals surface area contributed by atoms with Crippen LogP contribution >= 0.6 is 11.8 Å². The summed E-state index contributed by atoms with van der Waals surface area (Å²) in [6.07, 6.45) is 17.3. The summed E-state index contributed by atoms with van der Waals surface area (Å²) < 4.78 is 12.2. The van der Waals surface area contributed by atoms with Gasteiger partial charge in [-0.15, -0.1) is 11.8 Å². The lowest BCUT2D eigenvalue weighted by atomic mass is 9.87. The summed E-state index contributed by atoms with van der Waals surface area (Å²) >= 11 is 2.11. The molecule has 0 spiro atoms. The van der Waals surface area contributed by atoms with E-state index in [1.54, 1.807) is 0 Å². The highest BCUT2D eigenvalue weighted by Gasteiger charge is 2.39. The van der Waals surface area contributed by atoms with E-state index in [1.165, 1.54) is 82.1 Å². The number of fused-ring (bicyclic) bond motifs is 1. The zero-order chi connectivity index (χ0) is 18.9. The Bertz CT molecular complexity index is 448. The normalized spacial score (nSPS) is 33.7. The highest BCUT2D eigenvalue weighted by molar-refractivity contribution is 8.14. The van der Waals surface area contributed by atoms with E-state index in [-0.39, 0.29) is 0 Å². The quantitative estimate of drug-likeness (QED) is 0.380. The van der Waals surface area contributed by atoms with Gasteiger partial charge in [0.15, 0.2) is 0 Å². The molecule has 0 radical (unpaired) electrons. The van der Waals surface area contributed by atoms with Crippen LogP contribution in [0.2, 0.25) is 0 Å². The summed E-state index contributed by atoms with van der Waals surface area (Å²) in [5.74, 6) is 0.708. The fourth-order valence-corrected chi connectivity index (χ4v) is 6.22. The van der Waals surface area contributed by atoms with Gasteiger partial charge in [-0.1, -0.05) is 39.5 Å². The molecule has 3 unspecified atom stereocenters. The Morgan fingerprint density at radius 2 is 1.52 bits per heavy atom. The minimum atomic E-state index is 0.458. The molecule has 2 aliphatic carbocycles. The third kappa shape index (κ3) is 6.75. The van der Waals surface area contributed by atoms with Gasteiger partial charge < -0.3 is 9.47 Å². The van der Waals surface area contributed by atoms with Crippen LogP contribution in [0.5, 0.6) is 0 Å². The molecule has 3 nitrogen and oxygen atoms in total. The van der Waals surface area contributed by atoms with Crippen molar-refractivity contribution >= 4 is 16.8 Å². The van der Waals surface area contributed by atoms with Crippen LogP contribution < -0.4 is 0 Å². The predicted molar refractivity (Wildman–Crippen MR) is 117 cm³/mol. The first-order chi connectivity index (χ1) is 13.3. The standard InChI is InChI=1S/C23H41NO2S/c1-3-5-7-8-16-26-20-13-14-22-21(17-20)24-23(27-22)18-9-11-19(12-10-18)25-15-6-4-2/h18-22H,3-17H2,1-2H3. The molecule has 3 rings (SSSR count). The fourth-order valence-electron chi connectivity index (χ4n) is 4.71. The van der Waals surface area contributed by atoms with Gasteiger partial charge in [0.05, 0.1) is 23.3 Å². The molecule has 0 aromatic carbocycles. The van der Waals surface area contributed by atoms with Gasteiger partial charge in [-0.05, 0) is 57.8 Å². The molecule has 1 aliphatic heterocycles. The molecule has 2 saturated carbocycles. The minimum absolute atomic E-state index is 0.458. The highest BCUT2D eigenvalue weighted by Crippen LogP contribution is 2.43. The van der Waals surface area contributed by atoms with Crippen LogP contribution in [0.25, 0.3) is 0 Å². The van der Waals surface area contributed by atoms with Gasteiger partial charge in [-0.25, -0.2) is 0 Å². The predicted octanol–water partition coefficient (Wildman–Crippen LogP) is 6.39. The second-order valence-electron chi connectivity index (χ2n) is 8.76. The summed E-state index contributed by atoms with van der Waals surface area (Å²) in [4.78, 5) is 5.20. The van der Waals surface area contributed by atoms with Crippen LogP contribution in [-0.2, 0) is 9.47 Å². The molecule has 0 bridgehead atoms. The maximum Gasteiger partial charge on any atom is 0.0714 e. The summed E-state index contributed by atoms with van der Waals surface area (Å²) in [5, 5.41) is 2.21. The monoisotopic (exact) mass is 395 g/mol. The lowest BCUT2D eigenvalue weighted by Gasteiger charge is -2.30. The highest BCUT2D eigenvalue weighted by atomic mass is 32.2. The van der Waals surface area contributed by atoms with Crippen molar-refractivity contribution in [1.82, 2.24) is 0 Å². The van der Waals surface area contributed by atoms with Crippen LogP contribution in [0.4, 0.5) is 0 Å². The van der Waals surface area contributed by atoms with Gasteiger partial charge in [0.2, 0.25) is 0 Å². The second kappa shape index (κ2) is 11.8. The van der Waals surface area contributed by atoms with Gasteiger partial charge in [-0.2, -0.15) is 0 Å². The van der Waals surface area contributed by atoms with Crippen molar-refractivity contribution in [3.05, 3.63) is 0 Å². The van der Waals surface area contributed by atoms with E-state index in [0.717, 1.165) is 24.9 Å². The SMILES string of the molecule is CCCCCCOC1CCC2SC(C3CCC(OCCCC)CC3)=NC2C1. The Labute approximate surface area is 171 Å². The third-order valence-electron chi connectivity index (χ3n) is 6.50. The fraction of sp³-hybridized carbons (Fsp3) is 0.957. The molecule has 156 valence electrons. The number of thioether (sulfide) groups is 1. The Hall–Kier alpha value is -0.0600. The van der Waals surface area contributed by atoms with Crippen molar-refractivity contribution < 1.29 is 9.47 Å². The topological polar surface area (TPSA) is 30.8 Å². The number of ether oxygens (including phenoxy) is 2. The number of nitrogens with zero attached hydrogens (tertiary/aromatic N) is 1. The van der Waals surface area contributed by atoms with E-state index in [0.29, 0.717) is 24.2 Å². The van der Waals surface area contributed by atoms with Crippen LogP contribution in [0.1, 0.15) is 97.3 Å².